The van der Waals surface area contributed by atoms with Crippen LogP contribution >= 0.6 is 23.4 Å². The van der Waals surface area contributed by atoms with Crippen LogP contribution < -0.4 is 5.63 Å². The van der Waals surface area contributed by atoms with Crippen LogP contribution in [0.5, 0.6) is 5.75 Å². The number of aryl methyl sites for hydroxylation is 1. The number of hydrogen-bond donors (Lipinski definition) is 1. The first-order chi connectivity index (χ1) is 11.5. The van der Waals surface area contributed by atoms with E-state index in [2.05, 4.69) is 16.8 Å². The van der Waals surface area contributed by atoms with Crippen LogP contribution in [0.4, 0.5) is 0 Å². The standard InChI is InChI=1S/C16H14ClN3O3S/c1-3-4-20-9(2)18-19-16(20)24-8-10-5-15(22)23-14-7-13(21)12(17)6-11(10)14/h3,5-7,21H,1,4,8H2,2H3. The molecule has 3 aromatic rings. The molecule has 124 valence electrons. The minimum atomic E-state index is -0.483. The van der Waals surface area contributed by atoms with E-state index in [4.69, 9.17) is 16.0 Å². The van der Waals surface area contributed by atoms with E-state index in [0.29, 0.717) is 23.3 Å². The fourth-order valence-corrected chi connectivity index (χ4v) is 3.45. The monoisotopic (exact) mass is 363 g/mol. The van der Waals surface area contributed by atoms with Gasteiger partial charge in [0.2, 0.25) is 0 Å². The lowest BCUT2D eigenvalue weighted by molar-refractivity contribution is 0.473. The summed E-state index contributed by atoms with van der Waals surface area (Å²) in [4.78, 5) is 11.7. The average Bonchev–Trinajstić information content (AvgIpc) is 2.88. The third kappa shape index (κ3) is 3.18. The Hall–Kier alpha value is -2.25. The molecule has 6 nitrogen and oxygen atoms in total. The van der Waals surface area contributed by atoms with E-state index in [-0.39, 0.29) is 10.8 Å². The van der Waals surface area contributed by atoms with Crippen molar-refractivity contribution >= 4 is 34.3 Å². The van der Waals surface area contributed by atoms with Crippen molar-refractivity contribution in [3.63, 3.8) is 0 Å². The lowest BCUT2D eigenvalue weighted by Crippen LogP contribution is -2.02. The summed E-state index contributed by atoms with van der Waals surface area (Å²) >= 11 is 7.42. The number of aromatic hydroxyl groups is 1. The van der Waals surface area contributed by atoms with Gasteiger partial charge in [0.05, 0.1) is 5.02 Å². The van der Waals surface area contributed by atoms with Crippen LogP contribution in [0.2, 0.25) is 5.02 Å². The Labute approximate surface area is 146 Å². The highest BCUT2D eigenvalue weighted by Crippen LogP contribution is 2.32. The molecule has 0 atom stereocenters. The van der Waals surface area contributed by atoms with Gasteiger partial charge in [0.1, 0.15) is 17.2 Å². The fourth-order valence-electron chi connectivity index (χ4n) is 2.31. The van der Waals surface area contributed by atoms with Crippen LogP contribution in [0.25, 0.3) is 11.0 Å². The lowest BCUT2D eigenvalue weighted by atomic mass is 10.1. The summed E-state index contributed by atoms with van der Waals surface area (Å²) in [7, 11) is 0. The molecule has 3 rings (SSSR count). The number of phenolic OH excluding ortho intramolecular Hbond substituents is 1. The van der Waals surface area contributed by atoms with Crippen LogP contribution in [-0.2, 0) is 12.3 Å². The number of phenols is 1. The molecule has 0 aliphatic rings. The molecule has 0 spiro atoms. The second-order valence-corrected chi connectivity index (χ2v) is 6.46. The number of rotatable bonds is 5. The van der Waals surface area contributed by atoms with Crippen molar-refractivity contribution < 1.29 is 9.52 Å². The topological polar surface area (TPSA) is 81.2 Å². The molecule has 0 saturated heterocycles. The van der Waals surface area contributed by atoms with Gasteiger partial charge in [-0.3, -0.25) is 0 Å². The zero-order valence-electron chi connectivity index (χ0n) is 12.8. The molecular formula is C16H14ClN3O3S. The van der Waals surface area contributed by atoms with Gasteiger partial charge in [-0.1, -0.05) is 29.4 Å². The third-order valence-electron chi connectivity index (χ3n) is 3.47. The Morgan fingerprint density at radius 1 is 1.42 bits per heavy atom. The van der Waals surface area contributed by atoms with E-state index in [9.17, 15) is 9.90 Å². The zero-order valence-corrected chi connectivity index (χ0v) is 14.4. The van der Waals surface area contributed by atoms with Crippen LogP contribution in [0.1, 0.15) is 11.4 Å². The molecule has 8 heteroatoms. The first-order valence-electron chi connectivity index (χ1n) is 7.08. The highest BCUT2D eigenvalue weighted by atomic mass is 35.5. The van der Waals surface area contributed by atoms with Gasteiger partial charge in [0.15, 0.2) is 5.16 Å². The summed E-state index contributed by atoms with van der Waals surface area (Å²) in [5.41, 5.74) is 0.561. The Kier molecular flexibility index (Phi) is 4.64. The molecule has 0 unspecified atom stereocenters. The lowest BCUT2D eigenvalue weighted by Gasteiger charge is -2.08. The van der Waals surface area contributed by atoms with Crippen LogP contribution in [0.15, 0.2) is 45.2 Å². The number of fused-ring (bicyclic) bond motifs is 1. The molecule has 0 aliphatic heterocycles. The Morgan fingerprint density at radius 3 is 2.96 bits per heavy atom. The molecule has 0 amide bonds. The van der Waals surface area contributed by atoms with Crippen LogP contribution in [0.3, 0.4) is 0 Å². The molecule has 2 aromatic heterocycles. The number of hydrogen-bond acceptors (Lipinski definition) is 6. The molecule has 24 heavy (non-hydrogen) atoms. The van der Waals surface area contributed by atoms with Crippen LogP contribution in [-0.4, -0.2) is 19.9 Å². The predicted octanol–water partition coefficient (Wildman–Crippen LogP) is 3.53. The third-order valence-corrected chi connectivity index (χ3v) is 4.79. The zero-order chi connectivity index (χ0) is 17.3. The summed E-state index contributed by atoms with van der Waals surface area (Å²) in [6.45, 7) is 6.21. The molecule has 0 saturated carbocycles. The van der Waals surface area contributed by atoms with Gasteiger partial charge < -0.3 is 14.1 Å². The maximum Gasteiger partial charge on any atom is 0.336 e. The summed E-state index contributed by atoms with van der Waals surface area (Å²) < 4.78 is 7.06. The minimum absolute atomic E-state index is 0.126. The largest absolute Gasteiger partial charge is 0.506 e. The Morgan fingerprint density at radius 2 is 2.21 bits per heavy atom. The van der Waals surface area contributed by atoms with Gasteiger partial charge in [-0.05, 0) is 18.6 Å². The number of nitrogens with zero attached hydrogens (tertiary/aromatic N) is 3. The average molecular weight is 364 g/mol. The van der Waals surface area contributed by atoms with Crippen LogP contribution in [0, 0.1) is 6.92 Å². The molecule has 0 bridgehead atoms. The Bertz CT molecular complexity index is 981. The fraction of sp³-hybridized carbons (Fsp3) is 0.188. The van der Waals surface area contributed by atoms with Crippen molar-refractivity contribution in [2.24, 2.45) is 0 Å². The Balaban J connectivity index is 1.97. The quantitative estimate of drug-likeness (QED) is 0.424. The predicted molar refractivity (Wildman–Crippen MR) is 93.7 cm³/mol. The molecule has 2 heterocycles. The second kappa shape index (κ2) is 6.70. The first kappa shape index (κ1) is 16.6. The number of aromatic nitrogens is 3. The van der Waals surface area contributed by atoms with Crippen molar-refractivity contribution in [1.82, 2.24) is 14.8 Å². The van der Waals surface area contributed by atoms with Crippen molar-refractivity contribution in [1.29, 1.82) is 0 Å². The van der Waals surface area contributed by atoms with Crippen molar-refractivity contribution in [3.05, 3.63) is 57.7 Å². The van der Waals surface area contributed by atoms with Gasteiger partial charge in [-0.15, -0.1) is 16.8 Å². The molecule has 1 N–H and O–H groups in total. The minimum Gasteiger partial charge on any atom is -0.506 e. The number of benzene rings is 1. The van der Waals surface area contributed by atoms with Crippen molar-refractivity contribution in [2.45, 2.75) is 24.4 Å². The van der Waals surface area contributed by atoms with E-state index < -0.39 is 5.63 Å². The van der Waals surface area contributed by atoms with Crippen molar-refractivity contribution in [2.75, 3.05) is 0 Å². The number of thioether (sulfide) groups is 1. The maximum atomic E-state index is 11.7. The second-order valence-electron chi connectivity index (χ2n) is 5.11. The van der Waals surface area contributed by atoms with E-state index in [1.807, 2.05) is 11.5 Å². The summed E-state index contributed by atoms with van der Waals surface area (Å²) in [6, 6.07) is 4.35. The molecule has 0 fully saturated rings. The van der Waals surface area contributed by atoms with Gasteiger partial charge in [-0.2, -0.15) is 0 Å². The smallest absolute Gasteiger partial charge is 0.336 e. The molecule has 0 radical (unpaired) electrons. The van der Waals surface area contributed by atoms with E-state index >= 15 is 0 Å². The van der Waals surface area contributed by atoms with Gasteiger partial charge in [-0.25, -0.2) is 4.79 Å². The number of allylic oxidation sites excluding steroid dienone is 1. The summed E-state index contributed by atoms with van der Waals surface area (Å²) in [5, 5.41) is 19.5. The maximum absolute atomic E-state index is 11.7. The molecular weight excluding hydrogens is 350 g/mol. The summed E-state index contributed by atoms with van der Waals surface area (Å²) in [6.07, 6.45) is 1.77. The molecule has 0 aliphatic carbocycles. The van der Waals surface area contributed by atoms with Crippen molar-refractivity contribution in [3.8, 4) is 5.75 Å². The van der Waals surface area contributed by atoms with E-state index in [1.54, 1.807) is 12.1 Å². The highest BCUT2D eigenvalue weighted by molar-refractivity contribution is 7.98. The summed E-state index contributed by atoms with van der Waals surface area (Å²) in [5.74, 6) is 1.15. The SMILES string of the molecule is C=CCn1c(C)nnc1SCc1cc(=O)oc2cc(O)c(Cl)cc12. The van der Waals surface area contributed by atoms with Gasteiger partial charge in [0.25, 0.3) is 0 Å². The first-order valence-corrected chi connectivity index (χ1v) is 8.44. The number of halogens is 1. The van der Waals surface area contributed by atoms with Gasteiger partial charge in [0, 0.05) is 29.8 Å². The van der Waals surface area contributed by atoms with Gasteiger partial charge >= 0.3 is 5.63 Å². The normalized spacial score (nSPS) is 11.1. The van der Waals surface area contributed by atoms with E-state index in [0.717, 1.165) is 16.5 Å². The van der Waals surface area contributed by atoms with E-state index in [1.165, 1.54) is 23.9 Å². The molecule has 1 aromatic carbocycles. The highest BCUT2D eigenvalue weighted by Gasteiger charge is 2.13.